The van der Waals surface area contributed by atoms with Crippen molar-refractivity contribution in [3.05, 3.63) is 131 Å². The van der Waals surface area contributed by atoms with Gasteiger partial charge in [-0.3, -0.25) is 9.69 Å². The Morgan fingerprint density at radius 2 is 1.46 bits per heavy atom. The predicted octanol–water partition coefficient (Wildman–Crippen LogP) is 8.40. The van der Waals surface area contributed by atoms with Crippen molar-refractivity contribution < 1.29 is 53.7 Å². The Labute approximate surface area is 393 Å². The van der Waals surface area contributed by atoms with Crippen LogP contribution in [-0.2, 0) is 31.0 Å². The molecule has 3 aliphatic heterocycles. The summed E-state index contributed by atoms with van der Waals surface area (Å²) in [6.45, 7) is 6.06. The molecule has 1 N–H and O–H groups in total. The number of amides is 1. The van der Waals surface area contributed by atoms with Crippen LogP contribution in [0.1, 0.15) is 52.2 Å². The summed E-state index contributed by atoms with van der Waals surface area (Å²) in [4.78, 5) is 17.0. The number of rotatable bonds is 18. The van der Waals surface area contributed by atoms with E-state index < -0.39 is 41.1 Å². The zero-order valence-corrected chi connectivity index (χ0v) is 39.3. The maximum absolute atomic E-state index is 14.2. The lowest BCUT2D eigenvalue weighted by Crippen LogP contribution is -2.37. The van der Waals surface area contributed by atoms with Crippen molar-refractivity contribution in [2.45, 2.75) is 51.8 Å². The fourth-order valence-electron chi connectivity index (χ4n) is 8.68. The zero-order chi connectivity index (χ0) is 47.2. The first-order chi connectivity index (χ1) is 32.2. The molecule has 5 aromatic carbocycles. The number of benzene rings is 5. The molecule has 0 aliphatic carbocycles. The fourth-order valence-corrected chi connectivity index (χ4v) is 11.8. The highest BCUT2D eigenvalue weighted by Gasteiger charge is 2.48. The van der Waals surface area contributed by atoms with Gasteiger partial charge < -0.3 is 23.8 Å². The van der Waals surface area contributed by atoms with Gasteiger partial charge in [-0.1, -0.05) is 60.7 Å². The van der Waals surface area contributed by atoms with Crippen molar-refractivity contribution >= 4 is 37.5 Å². The number of fused-ring (bicyclic) bond motifs is 1. The second kappa shape index (κ2) is 21.0. The van der Waals surface area contributed by atoms with E-state index in [4.69, 9.17) is 18.9 Å². The lowest BCUT2D eigenvalue weighted by molar-refractivity contribution is -0.0436. The van der Waals surface area contributed by atoms with Crippen molar-refractivity contribution in [1.29, 1.82) is 0 Å². The number of nitrogens with zero attached hydrogens (tertiary/aromatic N) is 2. The number of carbonyl (C=O) groups is 1. The van der Waals surface area contributed by atoms with Crippen LogP contribution < -0.4 is 18.9 Å². The van der Waals surface area contributed by atoms with Crippen LogP contribution in [0, 0.1) is 5.92 Å². The number of carbonyl (C=O) groups excluding carboxylic acids is 1. The number of nitrogens with one attached hydrogen (secondary N) is 1. The molecule has 0 aromatic heterocycles. The van der Waals surface area contributed by atoms with Gasteiger partial charge in [0, 0.05) is 53.4 Å². The molecule has 0 radical (unpaired) electrons. The number of sulfone groups is 1. The Morgan fingerprint density at radius 3 is 2.12 bits per heavy atom. The van der Waals surface area contributed by atoms with E-state index in [9.17, 15) is 34.8 Å². The lowest BCUT2D eigenvalue weighted by atomic mass is 9.88. The number of thioether (sulfide) groups is 1. The minimum atomic E-state index is -6.01. The molecule has 3 heterocycles. The topological polar surface area (TPSA) is 141 Å². The summed E-state index contributed by atoms with van der Waals surface area (Å²) in [7, 11) is -9.23. The Balaban J connectivity index is 0.990. The average Bonchev–Trinajstić information content (AvgIpc) is 4.04. The maximum atomic E-state index is 14.2. The maximum Gasteiger partial charge on any atom is 0.501 e. The van der Waals surface area contributed by atoms with Gasteiger partial charge in [-0.05, 0) is 116 Å². The van der Waals surface area contributed by atoms with Crippen molar-refractivity contribution in [2.24, 2.45) is 5.92 Å². The number of ether oxygens (including phenoxy) is 4. The number of halogens is 3. The molecule has 2 saturated heterocycles. The highest BCUT2D eigenvalue weighted by Crippen LogP contribution is 2.43. The number of methoxy groups -OCH3 is 1. The number of hydrogen-bond acceptors (Lipinski definition) is 12. The zero-order valence-electron chi connectivity index (χ0n) is 36.9. The van der Waals surface area contributed by atoms with Crippen LogP contribution in [0.15, 0.2) is 124 Å². The van der Waals surface area contributed by atoms with Crippen molar-refractivity contribution in [3.8, 4) is 28.4 Å². The molecule has 12 nitrogen and oxygen atoms in total. The monoisotopic (exact) mass is 979 g/mol. The Hall–Kier alpha value is -5.11. The second-order valence-corrected chi connectivity index (χ2v) is 21.5. The van der Waals surface area contributed by atoms with Crippen LogP contribution in [0.25, 0.3) is 11.1 Å². The highest BCUT2D eigenvalue weighted by molar-refractivity contribution is 7.99. The molecule has 5 aromatic rings. The predicted molar refractivity (Wildman–Crippen MR) is 249 cm³/mol. The minimum absolute atomic E-state index is 0.0386. The first-order valence-electron chi connectivity index (χ1n) is 22.1. The molecule has 1 unspecified atom stereocenters. The first-order valence-corrected chi connectivity index (χ1v) is 26.0. The molecule has 2 fully saturated rings. The Bertz CT molecular complexity index is 2730. The van der Waals surface area contributed by atoms with E-state index >= 15 is 0 Å². The number of hydrogen-bond donors (Lipinski definition) is 1. The van der Waals surface area contributed by atoms with E-state index in [-0.39, 0.29) is 36.2 Å². The van der Waals surface area contributed by atoms with Gasteiger partial charge in [-0.2, -0.15) is 13.2 Å². The number of sulfonamides is 1. The number of alkyl halides is 3. The van der Waals surface area contributed by atoms with Crippen molar-refractivity contribution in [3.63, 3.8) is 0 Å². The van der Waals surface area contributed by atoms with E-state index in [1.807, 2.05) is 71.5 Å². The van der Waals surface area contributed by atoms with Crippen LogP contribution in [0.3, 0.4) is 0 Å². The Morgan fingerprint density at radius 1 is 0.806 bits per heavy atom. The van der Waals surface area contributed by atoms with Crippen LogP contribution in [0.2, 0.25) is 0 Å². The van der Waals surface area contributed by atoms with E-state index in [2.05, 4.69) is 9.80 Å². The third-order valence-electron chi connectivity index (χ3n) is 12.4. The minimum Gasteiger partial charge on any atom is -0.496 e. The molecule has 3 aliphatic rings. The second-order valence-electron chi connectivity index (χ2n) is 16.8. The van der Waals surface area contributed by atoms with Gasteiger partial charge in [0.05, 0.1) is 30.1 Å². The third-order valence-corrected chi connectivity index (χ3v) is 16.5. The summed E-state index contributed by atoms with van der Waals surface area (Å²) in [5.74, 6) is 1.10. The Kier molecular flexibility index (Phi) is 15.2. The molecule has 8 rings (SSSR count). The van der Waals surface area contributed by atoms with Crippen LogP contribution >= 0.6 is 11.8 Å². The molecular weight excluding hydrogens is 928 g/mol. The summed E-state index contributed by atoms with van der Waals surface area (Å²) in [6, 6.07) is 30.2. The normalized spacial score (nSPS) is 16.7. The largest absolute Gasteiger partial charge is 0.501 e. The third kappa shape index (κ3) is 11.6. The summed E-state index contributed by atoms with van der Waals surface area (Å²) >= 11 is 1.50. The van der Waals surface area contributed by atoms with Gasteiger partial charge in [0.1, 0.15) is 5.75 Å². The summed E-state index contributed by atoms with van der Waals surface area (Å²) in [5.41, 5.74) is -2.31. The van der Waals surface area contributed by atoms with Crippen molar-refractivity contribution in [2.75, 3.05) is 72.1 Å². The summed E-state index contributed by atoms with van der Waals surface area (Å²) < 4.78 is 121. The van der Waals surface area contributed by atoms with E-state index in [0.29, 0.717) is 68.3 Å². The molecule has 1 amide bonds. The molecular formula is C49H52F3N3O9S3. The number of likely N-dealkylation sites (tertiary alicyclic amines) is 1. The van der Waals surface area contributed by atoms with Crippen LogP contribution in [-0.4, -0.2) is 110 Å². The van der Waals surface area contributed by atoms with Gasteiger partial charge in [0.2, 0.25) is 6.79 Å². The van der Waals surface area contributed by atoms with Gasteiger partial charge >= 0.3 is 5.51 Å². The summed E-state index contributed by atoms with van der Waals surface area (Å²) in [6.07, 6.45) is 2.75. The van der Waals surface area contributed by atoms with Crippen LogP contribution in [0.5, 0.6) is 17.2 Å². The van der Waals surface area contributed by atoms with E-state index in [0.717, 1.165) is 71.8 Å². The molecule has 0 spiro atoms. The van der Waals surface area contributed by atoms with Gasteiger partial charge in [0.25, 0.3) is 25.8 Å². The highest BCUT2D eigenvalue weighted by atomic mass is 32.2. The van der Waals surface area contributed by atoms with Crippen LogP contribution in [0.4, 0.5) is 13.2 Å². The molecule has 356 valence electrons. The lowest BCUT2D eigenvalue weighted by Gasteiger charge is -2.28. The van der Waals surface area contributed by atoms with E-state index in [1.165, 1.54) is 23.9 Å². The molecule has 0 saturated carbocycles. The molecule has 18 heteroatoms. The van der Waals surface area contributed by atoms with Crippen molar-refractivity contribution in [1.82, 2.24) is 14.5 Å². The fraction of sp³-hybridized carbons (Fsp3) is 0.367. The first kappa shape index (κ1) is 48.4. The smallest absolute Gasteiger partial charge is 0.496 e. The van der Waals surface area contributed by atoms with E-state index in [1.54, 1.807) is 19.2 Å². The molecule has 0 bridgehead atoms. The molecule has 67 heavy (non-hydrogen) atoms. The summed E-state index contributed by atoms with van der Waals surface area (Å²) in [5, 5.41) is 0. The number of morpholine rings is 1. The standard InChI is InChI=1S/C49H52F3N3O9S3/c1-61-44-30-46-45(63-33-64-46)29-42(44)43(31-55-20-5-6-21-55)37-13-9-35(10-14-37)36-11-15-38(16-12-36)48(56)53-67(59,60)41-18-17-39(47(28-41)66(57,58)49(50,51)52)27-34(19-22-54-23-25-62-26-24-54)32-65-40-7-3-2-4-8-40/h2-4,7-18,28-30,34,43H,5-6,19-27,31-33H2,1H3,(H,53,56)/t34-,43?/m0/s1. The quantitative estimate of drug-likeness (QED) is 0.0844. The SMILES string of the molecule is COc1cc2c(cc1C(CN1CCCC1)c1ccc(-c3ccc(C(=O)NS(=O)(=O)c4ccc(C[C@H](CCN5CCOCC5)CSc5ccccc5)c(S(=O)(=O)C(F)(F)F)c4)cc3)cc1)OCO2. The van der Waals surface area contributed by atoms with Gasteiger partial charge in [0.15, 0.2) is 11.5 Å². The molecule has 2 atom stereocenters. The average molecular weight is 980 g/mol. The van der Waals surface area contributed by atoms with Gasteiger partial charge in [-0.25, -0.2) is 21.6 Å². The van der Waals surface area contributed by atoms with Gasteiger partial charge in [-0.15, -0.1) is 11.8 Å².